The smallest absolute Gasteiger partial charge is 0.254 e. The molecule has 0 aromatic heterocycles. The summed E-state index contributed by atoms with van der Waals surface area (Å²) in [6, 6.07) is 11.0. The molecule has 0 bridgehead atoms. The van der Waals surface area contributed by atoms with E-state index in [1.165, 1.54) is 11.6 Å². The first-order valence-electron chi connectivity index (χ1n) is 7.04. The molecule has 0 fully saturated rings. The van der Waals surface area contributed by atoms with Crippen LogP contribution in [0.4, 0.5) is 4.39 Å². The number of nitrogens with zero attached hydrogens (tertiary/aromatic N) is 1. The van der Waals surface area contributed by atoms with Crippen LogP contribution in [0, 0.1) is 5.82 Å². The van der Waals surface area contributed by atoms with Gasteiger partial charge in [-0.05, 0) is 35.7 Å². The van der Waals surface area contributed by atoms with Gasteiger partial charge in [0.1, 0.15) is 10.7 Å². The van der Waals surface area contributed by atoms with E-state index >= 15 is 0 Å². The monoisotopic (exact) mass is 334 g/mol. The third kappa shape index (κ3) is 3.11. The second-order valence-corrected chi connectivity index (χ2v) is 6.97. The van der Waals surface area contributed by atoms with Gasteiger partial charge in [-0.1, -0.05) is 24.3 Å². The highest BCUT2D eigenvalue weighted by molar-refractivity contribution is 7.89. The molecular weight excluding hydrogens is 319 g/mol. The molecule has 3 rings (SSSR count). The number of halogens is 1. The Morgan fingerprint density at radius 2 is 1.83 bits per heavy atom. The summed E-state index contributed by atoms with van der Waals surface area (Å²) < 4.78 is 36.3. The number of hydrogen-bond donors (Lipinski definition) is 1. The molecule has 0 radical (unpaired) electrons. The van der Waals surface area contributed by atoms with Crippen molar-refractivity contribution >= 4 is 15.9 Å². The molecule has 7 heteroatoms. The molecule has 23 heavy (non-hydrogen) atoms. The van der Waals surface area contributed by atoms with Crippen molar-refractivity contribution in [2.75, 3.05) is 6.54 Å². The van der Waals surface area contributed by atoms with E-state index in [4.69, 9.17) is 5.14 Å². The van der Waals surface area contributed by atoms with Gasteiger partial charge in [0.2, 0.25) is 10.0 Å². The molecule has 2 N–H and O–H groups in total. The maximum atomic E-state index is 13.6. The van der Waals surface area contributed by atoms with E-state index in [0.717, 1.165) is 24.1 Å². The Balaban J connectivity index is 1.90. The largest absolute Gasteiger partial charge is 0.334 e. The number of primary sulfonamides is 1. The van der Waals surface area contributed by atoms with Gasteiger partial charge in [0.15, 0.2) is 0 Å². The molecule has 1 heterocycles. The minimum absolute atomic E-state index is 0.106. The van der Waals surface area contributed by atoms with Gasteiger partial charge < -0.3 is 4.90 Å². The SMILES string of the molecule is NS(=O)(=O)c1cc(C(=O)N2CCc3ccccc3C2)ccc1F. The maximum Gasteiger partial charge on any atom is 0.254 e. The lowest BCUT2D eigenvalue weighted by Gasteiger charge is -2.29. The maximum absolute atomic E-state index is 13.6. The molecule has 1 aliphatic heterocycles. The Morgan fingerprint density at radius 3 is 2.52 bits per heavy atom. The van der Waals surface area contributed by atoms with Gasteiger partial charge in [0, 0.05) is 18.7 Å². The first kappa shape index (κ1) is 15.6. The van der Waals surface area contributed by atoms with Crippen LogP contribution in [0.3, 0.4) is 0 Å². The zero-order valence-corrected chi connectivity index (χ0v) is 13.0. The quantitative estimate of drug-likeness (QED) is 0.907. The van der Waals surface area contributed by atoms with Crippen molar-refractivity contribution in [3.05, 3.63) is 65.0 Å². The minimum Gasteiger partial charge on any atom is -0.334 e. The number of carbonyl (C=O) groups excluding carboxylic acids is 1. The fourth-order valence-corrected chi connectivity index (χ4v) is 3.34. The van der Waals surface area contributed by atoms with Gasteiger partial charge in [0.05, 0.1) is 0 Å². The number of hydrogen-bond acceptors (Lipinski definition) is 3. The summed E-state index contributed by atoms with van der Waals surface area (Å²) in [6.45, 7) is 0.967. The lowest BCUT2D eigenvalue weighted by atomic mass is 9.99. The zero-order valence-electron chi connectivity index (χ0n) is 12.2. The van der Waals surface area contributed by atoms with Gasteiger partial charge >= 0.3 is 0 Å². The molecule has 1 amide bonds. The number of amides is 1. The summed E-state index contributed by atoms with van der Waals surface area (Å²) in [5.41, 5.74) is 2.36. The average molecular weight is 334 g/mol. The summed E-state index contributed by atoms with van der Waals surface area (Å²) in [5.74, 6) is -1.31. The Labute approximate surface area is 133 Å². The van der Waals surface area contributed by atoms with Crippen LogP contribution in [0.5, 0.6) is 0 Å². The second kappa shape index (κ2) is 5.75. The van der Waals surface area contributed by atoms with Crippen LogP contribution in [0.1, 0.15) is 21.5 Å². The van der Waals surface area contributed by atoms with Crippen LogP contribution in [0.15, 0.2) is 47.4 Å². The number of nitrogens with two attached hydrogens (primary N) is 1. The van der Waals surface area contributed by atoms with E-state index in [9.17, 15) is 17.6 Å². The number of sulfonamides is 1. The molecule has 0 spiro atoms. The highest BCUT2D eigenvalue weighted by atomic mass is 32.2. The number of rotatable bonds is 2. The first-order valence-corrected chi connectivity index (χ1v) is 8.59. The van der Waals surface area contributed by atoms with E-state index in [0.29, 0.717) is 13.1 Å². The van der Waals surface area contributed by atoms with Crippen molar-refractivity contribution in [1.29, 1.82) is 0 Å². The lowest BCUT2D eigenvalue weighted by molar-refractivity contribution is 0.0734. The zero-order chi connectivity index (χ0) is 16.6. The van der Waals surface area contributed by atoms with Gasteiger partial charge in [0.25, 0.3) is 5.91 Å². The van der Waals surface area contributed by atoms with Crippen molar-refractivity contribution in [1.82, 2.24) is 4.90 Å². The Kier molecular flexibility index (Phi) is 3.91. The molecule has 0 unspecified atom stereocenters. The number of fused-ring (bicyclic) bond motifs is 1. The predicted octanol–water partition coefficient (Wildman–Crippen LogP) is 1.67. The summed E-state index contributed by atoms with van der Waals surface area (Å²) in [7, 11) is -4.21. The Morgan fingerprint density at radius 1 is 1.13 bits per heavy atom. The summed E-state index contributed by atoms with van der Waals surface area (Å²) >= 11 is 0. The van der Waals surface area contributed by atoms with Crippen molar-refractivity contribution in [2.45, 2.75) is 17.9 Å². The van der Waals surface area contributed by atoms with Crippen LogP contribution in [-0.4, -0.2) is 25.8 Å². The summed E-state index contributed by atoms with van der Waals surface area (Å²) in [6.07, 6.45) is 0.727. The van der Waals surface area contributed by atoms with Crippen molar-refractivity contribution < 1.29 is 17.6 Å². The van der Waals surface area contributed by atoms with Gasteiger partial charge in [-0.3, -0.25) is 4.79 Å². The van der Waals surface area contributed by atoms with Crippen LogP contribution < -0.4 is 5.14 Å². The summed E-state index contributed by atoms with van der Waals surface area (Å²) in [4.78, 5) is 13.5. The molecule has 0 atom stereocenters. The third-order valence-corrected chi connectivity index (χ3v) is 4.83. The van der Waals surface area contributed by atoms with Crippen LogP contribution in [-0.2, 0) is 23.0 Å². The third-order valence-electron chi connectivity index (χ3n) is 3.90. The van der Waals surface area contributed by atoms with Crippen molar-refractivity contribution in [3.8, 4) is 0 Å². The van der Waals surface area contributed by atoms with Crippen molar-refractivity contribution in [2.24, 2.45) is 5.14 Å². The molecule has 1 aliphatic rings. The van der Waals surface area contributed by atoms with E-state index < -0.39 is 20.7 Å². The van der Waals surface area contributed by atoms with Crippen molar-refractivity contribution in [3.63, 3.8) is 0 Å². The molecule has 120 valence electrons. The van der Waals surface area contributed by atoms with Gasteiger partial charge in [-0.2, -0.15) is 0 Å². The molecule has 0 aliphatic carbocycles. The number of benzene rings is 2. The normalized spacial score (nSPS) is 14.4. The topological polar surface area (TPSA) is 80.5 Å². The number of carbonyl (C=O) groups is 1. The predicted molar refractivity (Wildman–Crippen MR) is 82.7 cm³/mol. The van der Waals surface area contributed by atoms with Gasteiger partial charge in [-0.15, -0.1) is 0 Å². The van der Waals surface area contributed by atoms with E-state index in [1.807, 2.05) is 24.3 Å². The summed E-state index contributed by atoms with van der Waals surface area (Å²) in [5, 5.41) is 4.98. The minimum atomic E-state index is -4.21. The van der Waals surface area contributed by atoms with E-state index in [2.05, 4.69) is 0 Å². The molecule has 0 saturated carbocycles. The fourth-order valence-electron chi connectivity index (χ4n) is 2.71. The molecule has 2 aromatic carbocycles. The average Bonchev–Trinajstić information content (AvgIpc) is 2.53. The molecular formula is C16H15FN2O3S. The second-order valence-electron chi connectivity index (χ2n) is 5.44. The Hall–Kier alpha value is -2.25. The van der Waals surface area contributed by atoms with Crippen LogP contribution >= 0.6 is 0 Å². The first-order chi connectivity index (χ1) is 10.9. The molecule has 2 aromatic rings. The van der Waals surface area contributed by atoms with E-state index in [1.54, 1.807) is 4.90 Å². The lowest BCUT2D eigenvalue weighted by Crippen LogP contribution is -2.36. The fraction of sp³-hybridized carbons (Fsp3) is 0.188. The Bertz CT molecular complexity index is 881. The highest BCUT2D eigenvalue weighted by Gasteiger charge is 2.24. The van der Waals surface area contributed by atoms with Gasteiger partial charge in [-0.25, -0.2) is 17.9 Å². The standard InChI is InChI=1S/C16H15FN2O3S/c17-14-6-5-12(9-15(14)23(18,21)22)16(20)19-8-7-11-3-1-2-4-13(11)10-19/h1-6,9H,7-8,10H2,(H2,18,21,22). The van der Waals surface area contributed by atoms with Crippen LogP contribution in [0.25, 0.3) is 0 Å². The molecule has 5 nitrogen and oxygen atoms in total. The van der Waals surface area contributed by atoms with E-state index in [-0.39, 0.29) is 11.5 Å². The van der Waals surface area contributed by atoms with Crippen LogP contribution in [0.2, 0.25) is 0 Å². The molecule has 0 saturated heterocycles. The highest BCUT2D eigenvalue weighted by Crippen LogP contribution is 2.22.